The number of likely N-dealkylation sites (tertiary alicyclic amines) is 1. The second kappa shape index (κ2) is 5.49. The number of hydrogen-bond acceptors (Lipinski definition) is 3. The van der Waals surface area contributed by atoms with Gasteiger partial charge in [0.1, 0.15) is 0 Å². The summed E-state index contributed by atoms with van der Waals surface area (Å²) in [6.07, 6.45) is -3.89. The topological polar surface area (TPSA) is 58.4 Å². The number of alkyl halides is 3. The maximum absolute atomic E-state index is 12.0. The zero-order valence-electron chi connectivity index (χ0n) is 8.89. The fourth-order valence-electron chi connectivity index (χ4n) is 1.58. The molecule has 1 amide bonds. The van der Waals surface area contributed by atoms with Crippen molar-refractivity contribution in [3.63, 3.8) is 0 Å². The molecule has 0 saturated carbocycles. The molecule has 94 valence electrons. The minimum atomic E-state index is -4.74. The Morgan fingerprint density at radius 3 is 2.56 bits per heavy atom. The number of rotatable bonds is 5. The van der Waals surface area contributed by atoms with Crippen molar-refractivity contribution in [3.8, 4) is 0 Å². The van der Waals surface area contributed by atoms with Crippen molar-refractivity contribution < 1.29 is 18.0 Å². The van der Waals surface area contributed by atoms with Crippen molar-refractivity contribution in [3.05, 3.63) is 0 Å². The number of hydrogen-bond donors (Lipinski definition) is 2. The number of nitrogens with two attached hydrogens (primary N) is 1. The van der Waals surface area contributed by atoms with Gasteiger partial charge in [-0.2, -0.15) is 13.2 Å². The first-order valence-corrected chi connectivity index (χ1v) is 5.22. The van der Waals surface area contributed by atoms with Gasteiger partial charge in [-0.25, -0.2) is 0 Å². The van der Waals surface area contributed by atoms with Crippen LogP contribution >= 0.6 is 0 Å². The van der Waals surface area contributed by atoms with Crippen molar-refractivity contribution in [2.45, 2.75) is 12.6 Å². The highest BCUT2D eigenvalue weighted by Crippen LogP contribution is 2.24. The molecule has 0 radical (unpaired) electrons. The summed E-state index contributed by atoms with van der Waals surface area (Å²) in [6.45, 7) is 2.38. The smallest absolute Gasteiger partial charge is 0.334 e. The maximum Gasteiger partial charge on any atom is 0.471 e. The van der Waals surface area contributed by atoms with E-state index >= 15 is 0 Å². The van der Waals surface area contributed by atoms with Crippen LogP contribution in [0.25, 0.3) is 0 Å². The second-order valence-electron chi connectivity index (χ2n) is 3.92. The Morgan fingerprint density at radius 1 is 1.44 bits per heavy atom. The fraction of sp³-hybridized carbons (Fsp3) is 0.889. The average molecular weight is 239 g/mol. The summed E-state index contributed by atoms with van der Waals surface area (Å²) in [5.41, 5.74) is 5.28. The molecule has 0 aromatic carbocycles. The minimum Gasteiger partial charge on any atom is -0.334 e. The first-order valence-electron chi connectivity index (χ1n) is 5.22. The van der Waals surface area contributed by atoms with E-state index in [1.54, 1.807) is 0 Å². The summed E-state index contributed by atoms with van der Waals surface area (Å²) >= 11 is 0. The number of amides is 1. The highest BCUT2D eigenvalue weighted by molar-refractivity contribution is 5.82. The maximum atomic E-state index is 12.0. The summed E-state index contributed by atoms with van der Waals surface area (Å²) in [7, 11) is 0. The third-order valence-electron chi connectivity index (χ3n) is 2.48. The molecular weight excluding hydrogens is 223 g/mol. The van der Waals surface area contributed by atoms with Crippen LogP contribution in [0.3, 0.4) is 0 Å². The fourth-order valence-corrected chi connectivity index (χ4v) is 1.58. The van der Waals surface area contributed by atoms with Crippen LogP contribution in [0.15, 0.2) is 0 Å². The monoisotopic (exact) mass is 239 g/mol. The van der Waals surface area contributed by atoms with E-state index < -0.39 is 12.1 Å². The Kier molecular flexibility index (Phi) is 4.55. The molecule has 16 heavy (non-hydrogen) atoms. The molecule has 0 atom stereocenters. The lowest BCUT2D eigenvalue weighted by atomic mass is 10.00. The van der Waals surface area contributed by atoms with Crippen molar-refractivity contribution in [1.29, 1.82) is 0 Å². The zero-order valence-corrected chi connectivity index (χ0v) is 8.89. The predicted octanol–water partition coefficient (Wildman–Crippen LogP) is -0.0545. The highest BCUT2D eigenvalue weighted by Gasteiger charge is 2.46. The van der Waals surface area contributed by atoms with Crippen LogP contribution in [-0.2, 0) is 4.79 Å². The number of nitrogens with one attached hydrogen (secondary N) is 1. The average Bonchev–Trinajstić information content (AvgIpc) is 2.12. The van der Waals surface area contributed by atoms with Crippen LogP contribution in [0.2, 0.25) is 0 Å². The van der Waals surface area contributed by atoms with Gasteiger partial charge in [0.25, 0.3) is 0 Å². The van der Waals surface area contributed by atoms with Gasteiger partial charge in [0.15, 0.2) is 0 Å². The number of carbonyl (C=O) groups excluding carboxylic acids is 1. The normalized spacial score (nSPS) is 17.4. The van der Waals surface area contributed by atoms with Crippen LogP contribution in [0.4, 0.5) is 13.2 Å². The van der Waals surface area contributed by atoms with E-state index in [1.165, 1.54) is 0 Å². The van der Waals surface area contributed by atoms with Crippen LogP contribution in [0.1, 0.15) is 6.42 Å². The highest BCUT2D eigenvalue weighted by atomic mass is 19.4. The third kappa shape index (κ3) is 3.64. The van der Waals surface area contributed by atoms with E-state index in [0.717, 1.165) is 17.9 Å². The van der Waals surface area contributed by atoms with Crippen molar-refractivity contribution in [2.24, 2.45) is 11.7 Å². The van der Waals surface area contributed by atoms with Crippen LogP contribution in [0.5, 0.6) is 0 Å². The first kappa shape index (κ1) is 13.2. The lowest BCUT2D eigenvalue weighted by Gasteiger charge is -2.39. The molecule has 0 aromatic heterocycles. The molecule has 0 unspecified atom stereocenters. The van der Waals surface area contributed by atoms with E-state index in [0.29, 0.717) is 13.1 Å². The van der Waals surface area contributed by atoms with E-state index in [1.807, 2.05) is 0 Å². The lowest BCUT2D eigenvalue weighted by molar-refractivity contribution is -0.191. The van der Waals surface area contributed by atoms with Crippen molar-refractivity contribution in [1.82, 2.24) is 10.2 Å². The van der Waals surface area contributed by atoms with E-state index in [9.17, 15) is 18.0 Å². The van der Waals surface area contributed by atoms with Crippen molar-refractivity contribution >= 4 is 5.91 Å². The number of carbonyl (C=O) groups is 1. The SMILES string of the molecule is NCCCNCC1CN(C(=O)C(F)(F)F)C1. The third-order valence-corrected chi connectivity index (χ3v) is 2.48. The van der Waals surface area contributed by atoms with Crippen LogP contribution in [0, 0.1) is 5.92 Å². The largest absolute Gasteiger partial charge is 0.471 e. The molecule has 0 bridgehead atoms. The summed E-state index contributed by atoms with van der Waals surface area (Å²) in [5, 5.41) is 3.09. The quantitative estimate of drug-likeness (QED) is 0.661. The Hall–Kier alpha value is -0.820. The lowest BCUT2D eigenvalue weighted by Crippen LogP contribution is -2.56. The Labute approximate surface area is 92.0 Å². The molecule has 1 rings (SSSR count). The van der Waals surface area contributed by atoms with Gasteiger partial charge in [-0.3, -0.25) is 4.79 Å². The molecule has 1 heterocycles. The van der Waals surface area contributed by atoms with Crippen LogP contribution < -0.4 is 11.1 Å². The number of nitrogens with zero attached hydrogens (tertiary/aromatic N) is 1. The molecule has 0 aliphatic carbocycles. The standard InChI is InChI=1S/C9H16F3N3O/c10-9(11,12)8(16)15-5-7(6-15)4-14-3-1-2-13/h7,14H,1-6,13H2. The molecule has 1 aliphatic heterocycles. The van der Waals surface area contributed by atoms with Gasteiger partial charge in [-0.15, -0.1) is 0 Å². The van der Waals surface area contributed by atoms with Gasteiger partial charge in [-0.05, 0) is 19.5 Å². The van der Waals surface area contributed by atoms with E-state index in [2.05, 4.69) is 5.32 Å². The van der Waals surface area contributed by atoms with Gasteiger partial charge < -0.3 is 16.0 Å². The summed E-state index contributed by atoms with van der Waals surface area (Å²) in [5.74, 6) is -1.60. The van der Waals surface area contributed by atoms with E-state index in [4.69, 9.17) is 5.73 Å². The van der Waals surface area contributed by atoms with Crippen LogP contribution in [-0.4, -0.2) is 49.7 Å². The molecule has 7 heteroatoms. The molecule has 3 N–H and O–H groups in total. The van der Waals surface area contributed by atoms with Gasteiger partial charge in [0, 0.05) is 25.6 Å². The van der Waals surface area contributed by atoms with Crippen molar-refractivity contribution in [2.75, 3.05) is 32.7 Å². The van der Waals surface area contributed by atoms with Gasteiger partial charge in [-0.1, -0.05) is 0 Å². The molecule has 1 saturated heterocycles. The summed E-state index contributed by atoms with van der Waals surface area (Å²) in [6, 6.07) is 0. The molecule has 1 fully saturated rings. The molecule has 0 spiro atoms. The second-order valence-corrected chi connectivity index (χ2v) is 3.92. The Balaban J connectivity index is 2.11. The van der Waals surface area contributed by atoms with Gasteiger partial charge >= 0.3 is 12.1 Å². The van der Waals surface area contributed by atoms with E-state index in [-0.39, 0.29) is 19.0 Å². The first-order chi connectivity index (χ1) is 7.45. The molecule has 1 aliphatic rings. The Morgan fingerprint density at radius 2 is 2.06 bits per heavy atom. The zero-order chi connectivity index (χ0) is 12.2. The molecular formula is C9H16F3N3O. The Bertz CT molecular complexity index is 239. The minimum absolute atomic E-state index is 0.129. The molecule has 0 aromatic rings. The van der Waals surface area contributed by atoms with Gasteiger partial charge in [0.05, 0.1) is 0 Å². The van der Waals surface area contributed by atoms with Gasteiger partial charge in [0.2, 0.25) is 0 Å². The summed E-state index contributed by atoms with van der Waals surface area (Å²) in [4.78, 5) is 11.6. The number of halogens is 3. The summed E-state index contributed by atoms with van der Waals surface area (Å²) < 4.78 is 35.9. The predicted molar refractivity (Wildman–Crippen MR) is 52.7 cm³/mol. The molecule has 4 nitrogen and oxygen atoms in total.